The summed E-state index contributed by atoms with van der Waals surface area (Å²) in [6.07, 6.45) is 0. The highest BCUT2D eigenvalue weighted by molar-refractivity contribution is 7.92. The minimum absolute atomic E-state index is 0.138. The Balaban J connectivity index is 1.72. The molecule has 1 amide bonds. The first-order valence-corrected chi connectivity index (χ1v) is 11.7. The van der Waals surface area contributed by atoms with Crippen LogP contribution in [0.3, 0.4) is 0 Å². The summed E-state index contributed by atoms with van der Waals surface area (Å²) in [5, 5.41) is 4.79. The van der Waals surface area contributed by atoms with Crippen molar-refractivity contribution < 1.29 is 13.2 Å². The van der Waals surface area contributed by atoms with E-state index in [1.54, 1.807) is 30.3 Å². The van der Waals surface area contributed by atoms with Crippen molar-refractivity contribution in [2.45, 2.75) is 18.7 Å². The molecule has 32 heavy (non-hydrogen) atoms. The number of amides is 1. The fraction of sp³-hybridized carbons (Fsp3) is 0.115. The molecule has 0 aliphatic rings. The first-order chi connectivity index (χ1) is 15.4. The SMILES string of the molecule is Cc1cccc(N(CC(=O)Nc2cccc3ccccc23)S(=O)(=O)c2ccccc2)c1C. The Morgan fingerprint density at radius 2 is 1.47 bits per heavy atom. The number of sulfonamides is 1. The first-order valence-electron chi connectivity index (χ1n) is 10.3. The average molecular weight is 445 g/mol. The summed E-state index contributed by atoms with van der Waals surface area (Å²) < 4.78 is 28.3. The molecule has 0 spiro atoms. The van der Waals surface area contributed by atoms with E-state index >= 15 is 0 Å². The van der Waals surface area contributed by atoms with Crippen LogP contribution in [0, 0.1) is 13.8 Å². The molecular formula is C26H24N2O3S. The second-order valence-electron chi connectivity index (χ2n) is 7.62. The number of benzene rings is 4. The van der Waals surface area contributed by atoms with Crippen molar-refractivity contribution in [1.82, 2.24) is 0 Å². The fourth-order valence-corrected chi connectivity index (χ4v) is 5.18. The van der Waals surface area contributed by atoms with Crippen molar-refractivity contribution in [3.05, 3.63) is 102 Å². The van der Waals surface area contributed by atoms with E-state index in [4.69, 9.17) is 0 Å². The summed E-state index contributed by atoms with van der Waals surface area (Å²) in [5.41, 5.74) is 2.89. The van der Waals surface area contributed by atoms with Crippen LogP contribution in [-0.2, 0) is 14.8 Å². The molecule has 0 fully saturated rings. The molecule has 0 unspecified atom stereocenters. The molecule has 1 N–H and O–H groups in total. The van der Waals surface area contributed by atoms with Gasteiger partial charge in [-0.2, -0.15) is 0 Å². The third-order valence-corrected chi connectivity index (χ3v) is 7.30. The molecule has 0 aliphatic carbocycles. The zero-order chi connectivity index (χ0) is 22.7. The number of hydrogen-bond acceptors (Lipinski definition) is 3. The van der Waals surface area contributed by atoms with E-state index in [-0.39, 0.29) is 11.4 Å². The molecule has 0 atom stereocenters. The van der Waals surface area contributed by atoms with E-state index in [9.17, 15) is 13.2 Å². The number of hydrogen-bond donors (Lipinski definition) is 1. The largest absolute Gasteiger partial charge is 0.324 e. The number of aryl methyl sites for hydroxylation is 1. The van der Waals surface area contributed by atoms with Gasteiger partial charge in [0.05, 0.1) is 10.6 Å². The zero-order valence-corrected chi connectivity index (χ0v) is 18.8. The van der Waals surface area contributed by atoms with Crippen LogP contribution in [0.25, 0.3) is 10.8 Å². The molecule has 4 aromatic rings. The maximum atomic E-state index is 13.5. The van der Waals surface area contributed by atoms with Crippen LogP contribution in [0.5, 0.6) is 0 Å². The maximum Gasteiger partial charge on any atom is 0.264 e. The average Bonchev–Trinajstić information content (AvgIpc) is 2.80. The molecule has 6 heteroatoms. The van der Waals surface area contributed by atoms with Gasteiger partial charge in [0.1, 0.15) is 6.54 Å². The summed E-state index contributed by atoms with van der Waals surface area (Å²) >= 11 is 0. The quantitative estimate of drug-likeness (QED) is 0.439. The molecule has 4 aromatic carbocycles. The van der Waals surface area contributed by atoms with E-state index in [1.807, 2.05) is 62.4 Å². The minimum Gasteiger partial charge on any atom is -0.324 e. The van der Waals surface area contributed by atoms with Gasteiger partial charge in [-0.25, -0.2) is 8.42 Å². The number of carbonyl (C=O) groups is 1. The van der Waals surface area contributed by atoms with E-state index in [1.165, 1.54) is 16.4 Å². The molecule has 0 aromatic heterocycles. The number of rotatable bonds is 6. The lowest BCUT2D eigenvalue weighted by Crippen LogP contribution is -2.38. The van der Waals surface area contributed by atoms with Gasteiger partial charge in [0, 0.05) is 11.1 Å². The van der Waals surface area contributed by atoms with Crippen molar-refractivity contribution in [3.8, 4) is 0 Å². The van der Waals surface area contributed by atoms with Gasteiger partial charge >= 0.3 is 0 Å². The second kappa shape index (κ2) is 8.85. The van der Waals surface area contributed by atoms with E-state index in [0.29, 0.717) is 11.4 Å². The lowest BCUT2D eigenvalue weighted by Gasteiger charge is -2.26. The molecule has 0 radical (unpaired) electrons. The molecule has 162 valence electrons. The van der Waals surface area contributed by atoms with E-state index in [0.717, 1.165) is 21.9 Å². The number of nitrogens with zero attached hydrogens (tertiary/aromatic N) is 1. The van der Waals surface area contributed by atoms with Crippen LogP contribution in [0.15, 0.2) is 95.9 Å². The molecule has 4 rings (SSSR count). The normalized spacial score (nSPS) is 11.3. The Morgan fingerprint density at radius 1 is 0.812 bits per heavy atom. The zero-order valence-electron chi connectivity index (χ0n) is 17.9. The number of carbonyl (C=O) groups excluding carboxylic acids is 1. The van der Waals surface area contributed by atoms with Crippen molar-refractivity contribution in [2.24, 2.45) is 0 Å². The minimum atomic E-state index is -3.95. The topological polar surface area (TPSA) is 66.5 Å². The van der Waals surface area contributed by atoms with Crippen LogP contribution in [0.2, 0.25) is 0 Å². The molecular weight excluding hydrogens is 420 g/mol. The molecule has 0 saturated heterocycles. The molecule has 0 aliphatic heterocycles. The van der Waals surface area contributed by atoms with Gasteiger partial charge in [-0.05, 0) is 54.6 Å². The van der Waals surface area contributed by atoms with E-state index in [2.05, 4.69) is 5.32 Å². The first kappa shape index (κ1) is 21.6. The van der Waals surface area contributed by atoms with Gasteiger partial charge in [0.25, 0.3) is 10.0 Å². The molecule has 0 bridgehead atoms. The second-order valence-corrected chi connectivity index (χ2v) is 9.48. The molecule has 5 nitrogen and oxygen atoms in total. The highest BCUT2D eigenvalue weighted by Gasteiger charge is 2.28. The Bertz CT molecular complexity index is 1380. The van der Waals surface area contributed by atoms with Crippen LogP contribution >= 0.6 is 0 Å². The number of anilines is 2. The number of fused-ring (bicyclic) bond motifs is 1. The third kappa shape index (κ3) is 4.22. The van der Waals surface area contributed by atoms with E-state index < -0.39 is 15.9 Å². The predicted molar refractivity (Wildman–Crippen MR) is 129 cm³/mol. The van der Waals surface area contributed by atoms with Crippen LogP contribution in [0.4, 0.5) is 11.4 Å². The smallest absolute Gasteiger partial charge is 0.264 e. The van der Waals surface area contributed by atoms with Crippen molar-refractivity contribution >= 4 is 38.1 Å². The van der Waals surface area contributed by atoms with Gasteiger partial charge in [-0.3, -0.25) is 9.10 Å². The fourth-order valence-electron chi connectivity index (χ4n) is 3.68. The van der Waals surface area contributed by atoms with Gasteiger partial charge in [-0.15, -0.1) is 0 Å². The van der Waals surface area contributed by atoms with Crippen LogP contribution in [-0.4, -0.2) is 20.9 Å². The summed E-state index contributed by atoms with van der Waals surface area (Å²) in [5.74, 6) is -0.415. The summed E-state index contributed by atoms with van der Waals surface area (Å²) in [6.45, 7) is 3.44. The van der Waals surface area contributed by atoms with Crippen LogP contribution in [0.1, 0.15) is 11.1 Å². The third-order valence-electron chi connectivity index (χ3n) is 5.53. The summed E-state index contributed by atoms with van der Waals surface area (Å²) in [6, 6.07) is 27.0. The van der Waals surface area contributed by atoms with Crippen LogP contribution < -0.4 is 9.62 Å². The summed E-state index contributed by atoms with van der Waals surface area (Å²) in [4.78, 5) is 13.2. The molecule has 0 heterocycles. The molecule has 0 saturated carbocycles. The van der Waals surface area contributed by atoms with Gasteiger partial charge in [0.15, 0.2) is 0 Å². The lowest BCUT2D eigenvalue weighted by atomic mass is 10.1. The monoisotopic (exact) mass is 444 g/mol. The van der Waals surface area contributed by atoms with Gasteiger partial charge in [0.2, 0.25) is 5.91 Å². The Morgan fingerprint density at radius 3 is 2.25 bits per heavy atom. The predicted octanol–water partition coefficient (Wildman–Crippen LogP) is 5.29. The number of nitrogens with one attached hydrogen (secondary N) is 1. The van der Waals surface area contributed by atoms with Gasteiger partial charge < -0.3 is 5.32 Å². The standard InChI is InChI=1S/C26H24N2O3S/c1-19-10-8-17-25(20(19)2)28(32(30,31)22-13-4-3-5-14-22)18-26(29)27-24-16-9-12-21-11-6-7-15-23(21)24/h3-17H,18H2,1-2H3,(H,27,29). The summed E-state index contributed by atoms with van der Waals surface area (Å²) in [7, 11) is -3.95. The lowest BCUT2D eigenvalue weighted by molar-refractivity contribution is -0.114. The van der Waals surface area contributed by atoms with Crippen molar-refractivity contribution in [1.29, 1.82) is 0 Å². The highest BCUT2D eigenvalue weighted by atomic mass is 32.2. The maximum absolute atomic E-state index is 13.5. The highest BCUT2D eigenvalue weighted by Crippen LogP contribution is 2.29. The van der Waals surface area contributed by atoms with Crippen molar-refractivity contribution in [2.75, 3.05) is 16.2 Å². The van der Waals surface area contributed by atoms with Crippen molar-refractivity contribution in [3.63, 3.8) is 0 Å². The van der Waals surface area contributed by atoms with Gasteiger partial charge in [-0.1, -0.05) is 66.7 Å². The Labute approximate surface area is 188 Å². The Kier molecular flexibility index (Phi) is 5.97. The Hall–Kier alpha value is -3.64.